The van der Waals surface area contributed by atoms with E-state index < -0.39 is 0 Å². The number of nitrogens with zero attached hydrogens (tertiary/aromatic N) is 2. The third-order valence-corrected chi connectivity index (χ3v) is 3.95. The summed E-state index contributed by atoms with van der Waals surface area (Å²) in [4.78, 5) is 14.9. The number of hydrogen-bond acceptors (Lipinski definition) is 4. The molecule has 1 heterocycles. The molecule has 1 atom stereocenters. The lowest BCUT2D eigenvalue weighted by atomic mass is 10.1. The van der Waals surface area contributed by atoms with Crippen molar-refractivity contribution < 1.29 is 0 Å². The fraction of sp³-hybridized carbons (Fsp3) is 0.167. The average Bonchev–Trinajstić information content (AvgIpc) is 2.60. The molecule has 0 fully saturated rings. The summed E-state index contributed by atoms with van der Waals surface area (Å²) in [6.07, 6.45) is 0.411. The molecule has 0 radical (unpaired) electrons. The van der Waals surface area contributed by atoms with Crippen LogP contribution in [0.15, 0.2) is 59.4 Å². The highest BCUT2D eigenvalue weighted by molar-refractivity contribution is 6.30. The molecule has 122 valence electrons. The van der Waals surface area contributed by atoms with Gasteiger partial charge >= 0.3 is 0 Å². The number of hydrogen-bond donors (Lipinski definition) is 2. The van der Waals surface area contributed by atoms with E-state index in [1.165, 1.54) is 0 Å². The number of rotatable bonds is 5. The van der Waals surface area contributed by atoms with Crippen LogP contribution >= 0.6 is 11.6 Å². The Labute approximate surface area is 144 Å². The Morgan fingerprint density at radius 2 is 1.79 bits per heavy atom. The van der Waals surface area contributed by atoms with E-state index in [9.17, 15) is 4.79 Å². The molecule has 0 unspecified atom stereocenters. The van der Waals surface area contributed by atoms with Crippen molar-refractivity contribution in [1.29, 1.82) is 0 Å². The lowest BCUT2D eigenvalue weighted by Crippen LogP contribution is -2.21. The standard InChI is InChI=1S/C18H17ClN4O/c1-12(14-5-3-2-4-6-14)20-18-21-17(24)16(22-23-18)11-13-7-9-15(19)10-8-13/h2-10,12H,11H2,1H3,(H2,20,21,23,24)/t12-/m1/s1. The maximum atomic E-state index is 12.2. The first-order valence-corrected chi connectivity index (χ1v) is 8.01. The Balaban J connectivity index is 1.72. The molecule has 24 heavy (non-hydrogen) atoms. The molecule has 5 nitrogen and oxygen atoms in total. The lowest BCUT2D eigenvalue weighted by molar-refractivity contribution is 0.811. The van der Waals surface area contributed by atoms with E-state index in [1.54, 1.807) is 12.1 Å². The molecule has 0 aliphatic carbocycles. The van der Waals surface area contributed by atoms with E-state index in [0.29, 0.717) is 23.1 Å². The van der Waals surface area contributed by atoms with E-state index in [2.05, 4.69) is 20.5 Å². The van der Waals surface area contributed by atoms with Gasteiger partial charge in [-0.15, -0.1) is 10.2 Å². The topological polar surface area (TPSA) is 70.7 Å². The summed E-state index contributed by atoms with van der Waals surface area (Å²) >= 11 is 5.86. The minimum absolute atomic E-state index is 0.0123. The summed E-state index contributed by atoms with van der Waals surface area (Å²) in [7, 11) is 0. The molecule has 0 saturated heterocycles. The Hall–Kier alpha value is -2.66. The largest absolute Gasteiger partial charge is 0.348 e. The van der Waals surface area contributed by atoms with Crippen molar-refractivity contribution >= 4 is 17.5 Å². The first-order chi connectivity index (χ1) is 11.6. The number of aromatic nitrogens is 3. The van der Waals surface area contributed by atoms with Crippen LogP contribution < -0.4 is 10.9 Å². The molecule has 2 N–H and O–H groups in total. The molecular weight excluding hydrogens is 324 g/mol. The molecule has 0 aliphatic rings. The minimum atomic E-state index is -0.247. The van der Waals surface area contributed by atoms with E-state index >= 15 is 0 Å². The van der Waals surface area contributed by atoms with Gasteiger partial charge in [-0.2, -0.15) is 0 Å². The van der Waals surface area contributed by atoms with Crippen molar-refractivity contribution in [3.05, 3.63) is 86.8 Å². The molecule has 6 heteroatoms. The van der Waals surface area contributed by atoms with Gasteiger partial charge < -0.3 is 5.32 Å². The van der Waals surface area contributed by atoms with Gasteiger partial charge in [0.15, 0.2) is 0 Å². The summed E-state index contributed by atoms with van der Waals surface area (Å²) in [5, 5.41) is 11.9. The van der Waals surface area contributed by atoms with Crippen LogP contribution in [0.4, 0.5) is 5.95 Å². The molecule has 0 amide bonds. The van der Waals surface area contributed by atoms with Gasteiger partial charge in [-0.25, -0.2) is 0 Å². The number of halogens is 1. The van der Waals surface area contributed by atoms with Crippen LogP contribution in [0.1, 0.15) is 29.8 Å². The first-order valence-electron chi connectivity index (χ1n) is 7.63. The molecule has 0 saturated carbocycles. The van der Waals surface area contributed by atoms with Gasteiger partial charge in [-0.1, -0.05) is 54.1 Å². The second kappa shape index (κ2) is 7.27. The van der Waals surface area contributed by atoms with Crippen LogP contribution in [0.25, 0.3) is 0 Å². The van der Waals surface area contributed by atoms with Gasteiger partial charge in [-0.05, 0) is 30.2 Å². The predicted octanol–water partition coefficient (Wildman–Crippen LogP) is 3.58. The molecule has 2 aromatic carbocycles. The van der Waals surface area contributed by atoms with Gasteiger partial charge in [0.1, 0.15) is 5.69 Å². The molecule has 0 spiro atoms. The number of nitrogens with one attached hydrogen (secondary N) is 2. The van der Waals surface area contributed by atoms with Gasteiger partial charge in [0.25, 0.3) is 5.56 Å². The maximum absolute atomic E-state index is 12.2. The maximum Gasteiger partial charge on any atom is 0.274 e. The third-order valence-electron chi connectivity index (χ3n) is 3.70. The summed E-state index contributed by atoms with van der Waals surface area (Å²) in [6.45, 7) is 2.00. The van der Waals surface area contributed by atoms with Crippen LogP contribution in [0.2, 0.25) is 5.02 Å². The van der Waals surface area contributed by atoms with Crippen molar-refractivity contribution in [1.82, 2.24) is 15.2 Å². The Kier molecular flexibility index (Phi) is 4.91. The second-order valence-corrected chi connectivity index (χ2v) is 5.97. The number of benzene rings is 2. The average molecular weight is 341 g/mol. The number of H-pyrrole nitrogens is 1. The van der Waals surface area contributed by atoms with Crippen LogP contribution in [0.3, 0.4) is 0 Å². The second-order valence-electron chi connectivity index (χ2n) is 5.53. The molecular formula is C18H17ClN4O. The fourth-order valence-electron chi connectivity index (χ4n) is 2.37. The quantitative estimate of drug-likeness (QED) is 0.744. The van der Waals surface area contributed by atoms with Crippen molar-refractivity contribution in [2.45, 2.75) is 19.4 Å². The van der Waals surface area contributed by atoms with Crippen LogP contribution in [-0.4, -0.2) is 15.2 Å². The van der Waals surface area contributed by atoms with Crippen LogP contribution in [-0.2, 0) is 6.42 Å². The first kappa shape index (κ1) is 16.2. The van der Waals surface area contributed by atoms with Gasteiger partial charge in [0.2, 0.25) is 5.95 Å². The zero-order valence-corrected chi connectivity index (χ0v) is 13.9. The van der Waals surface area contributed by atoms with Gasteiger partial charge in [0.05, 0.1) is 6.04 Å². The Morgan fingerprint density at radius 3 is 2.46 bits per heavy atom. The van der Waals surface area contributed by atoms with E-state index in [4.69, 9.17) is 11.6 Å². The number of anilines is 1. The predicted molar refractivity (Wildman–Crippen MR) is 95.4 cm³/mol. The summed E-state index contributed by atoms with van der Waals surface area (Å²) in [6, 6.07) is 17.2. The van der Waals surface area contributed by atoms with Crippen molar-refractivity contribution in [2.24, 2.45) is 0 Å². The van der Waals surface area contributed by atoms with Gasteiger partial charge in [0, 0.05) is 11.4 Å². The van der Waals surface area contributed by atoms with E-state index in [0.717, 1.165) is 11.1 Å². The normalized spacial score (nSPS) is 11.9. The smallest absolute Gasteiger partial charge is 0.274 e. The summed E-state index contributed by atoms with van der Waals surface area (Å²) in [5.74, 6) is 0.358. The summed E-state index contributed by atoms with van der Waals surface area (Å²) < 4.78 is 0. The summed E-state index contributed by atoms with van der Waals surface area (Å²) in [5.41, 5.74) is 2.18. The van der Waals surface area contributed by atoms with Crippen LogP contribution in [0.5, 0.6) is 0 Å². The lowest BCUT2D eigenvalue weighted by Gasteiger charge is -2.14. The molecule has 0 bridgehead atoms. The highest BCUT2D eigenvalue weighted by atomic mass is 35.5. The Morgan fingerprint density at radius 1 is 1.08 bits per heavy atom. The van der Waals surface area contributed by atoms with E-state index in [1.807, 2.05) is 49.4 Å². The van der Waals surface area contributed by atoms with Gasteiger partial charge in [-0.3, -0.25) is 9.78 Å². The SMILES string of the molecule is C[C@@H](Nc1nnc(Cc2ccc(Cl)cc2)c(=O)[nH]1)c1ccccc1. The zero-order chi connectivity index (χ0) is 16.9. The molecule has 3 aromatic rings. The van der Waals surface area contributed by atoms with Crippen molar-refractivity contribution in [3.8, 4) is 0 Å². The molecule has 0 aliphatic heterocycles. The van der Waals surface area contributed by atoms with Crippen LogP contribution in [0, 0.1) is 0 Å². The number of aromatic amines is 1. The molecule has 1 aromatic heterocycles. The van der Waals surface area contributed by atoms with Crippen molar-refractivity contribution in [3.63, 3.8) is 0 Å². The third kappa shape index (κ3) is 4.00. The fourth-order valence-corrected chi connectivity index (χ4v) is 2.49. The highest BCUT2D eigenvalue weighted by Gasteiger charge is 2.09. The Bertz CT molecular complexity index is 862. The zero-order valence-electron chi connectivity index (χ0n) is 13.2. The monoisotopic (exact) mass is 340 g/mol. The molecule has 3 rings (SSSR count). The minimum Gasteiger partial charge on any atom is -0.348 e. The highest BCUT2D eigenvalue weighted by Crippen LogP contribution is 2.15. The van der Waals surface area contributed by atoms with Crippen molar-refractivity contribution in [2.75, 3.05) is 5.32 Å². The van der Waals surface area contributed by atoms with E-state index in [-0.39, 0.29) is 11.6 Å².